The monoisotopic (exact) mass is 313 g/mol. The second-order valence-corrected chi connectivity index (χ2v) is 5.36. The van der Waals surface area contributed by atoms with Crippen LogP contribution >= 0.6 is 22.9 Å². The summed E-state index contributed by atoms with van der Waals surface area (Å²) < 4.78 is 6.22. The largest absolute Gasteiger partial charge is 0.383 e. The van der Waals surface area contributed by atoms with Crippen molar-refractivity contribution in [2.45, 2.75) is 13.0 Å². The van der Waals surface area contributed by atoms with Crippen molar-refractivity contribution in [3.63, 3.8) is 0 Å². The molecule has 0 aromatic carbocycles. The summed E-state index contributed by atoms with van der Waals surface area (Å²) in [6, 6.07) is 2.08. The SMILES string of the molecule is COCCn1ncc(NCCc2ccsc2)c(Cl)c1=O. The van der Waals surface area contributed by atoms with E-state index in [2.05, 4.69) is 21.9 Å². The van der Waals surface area contributed by atoms with Crippen molar-refractivity contribution in [2.75, 3.05) is 25.6 Å². The normalized spacial score (nSPS) is 10.7. The molecule has 7 heteroatoms. The van der Waals surface area contributed by atoms with Gasteiger partial charge < -0.3 is 10.1 Å². The number of nitrogens with zero attached hydrogens (tertiary/aromatic N) is 2. The number of rotatable bonds is 7. The first-order valence-corrected chi connectivity index (χ1v) is 7.54. The van der Waals surface area contributed by atoms with E-state index >= 15 is 0 Å². The van der Waals surface area contributed by atoms with E-state index in [4.69, 9.17) is 16.3 Å². The molecule has 2 heterocycles. The average Bonchev–Trinajstić information content (AvgIpc) is 2.96. The number of methoxy groups -OCH3 is 1. The van der Waals surface area contributed by atoms with E-state index in [9.17, 15) is 4.79 Å². The topological polar surface area (TPSA) is 56.1 Å². The number of hydrogen-bond donors (Lipinski definition) is 1. The maximum Gasteiger partial charge on any atom is 0.287 e. The van der Waals surface area contributed by atoms with E-state index < -0.39 is 0 Å². The van der Waals surface area contributed by atoms with Crippen LogP contribution in [0.1, 0.15) is 5.56 Å². The van der Waals surface area contributed by atoms with Crippen LogP contribution in [0.2, 0.25) is 5.02 Å². The summed E-state index contributed by atoms with van der Waals surface area (Å²) in [5.41, 5.74) is 1.53. The third-order valence-corrected chi connectivity index (χ3v) is 3.90. The fraction of sp³-hybridized carbons (Fsp3) is 0.385. The van der Waals surface area contributed by atoms with Crippen molar-refractivity contribution in [1.82, 2.24) is 9.78 Å². The first-order chi connectivity index (χ1) is 9.72. The van der Waals surface area contributed by atoms with Gasteiger partial charge >= 0.3 is 0 Å². The minimum Gasteiger partial charge on any atom is -0.383 e. The van der Waals surface area contributed by atoms with Gasteiger partial charge in [0, 0.05) is 13.7 Å². The molecule has 0 aliphatic carbocycles. The van der Waals surface area contributed by atoms with E-state index in [1.54, 1.807) is 24.6 Å². The molecule has 20 heavy (non-hydrogen) atoms. The first kappa shape index (κ1) is 15.0. The van der Waals surface area contributed by atoms with E-state index in [1.807, 2.05) is 5.38 Å². The number of hydrogen-bond acceptors (Lipinski definition) is 5. The van der Waals surface area contributed by atoms with Crippen molar-refractivity contribution in [3.05, 3.63) is 44.0 Å². The predicted octanol–water partition coefficient (Wildman–Crippen LogP) is 2.26. The van der Waals surface area contributed by atoms with Crippen LogP contribution in [0, 0.1) is 0 Å². The van der Waals surface area contributed by atoms with Crippen LogP contribution in [0.25, 0.3) is 0 Å². The minimum absolute atomic E-state index is 0.168. The lowest BCUT2D eigenvalue weighted by molar-refractivity contribution is 0.182. The highest BCUT2D eigenvalue weighted by atomic mass is 35.5. The summed E-state index contributed by atoms with van der Waals surface area (Å²) in [7, 11) is 1.58. The summed E-state index contributed by atoms with van der Waals surface area (Å²) in [5.74, 6) is 0. The molecule has 2 aromatic rings. The first-order valence-electron chi connectivity index (χ1n) is 6.22. The second-order valence-electron chi connectivity index (χ2n) is 4.20. The van der Waals surface area contributed by atoms with Gasteiger partial charge in [-0.25, -0.2) is 4.68 Å². The number of ether oxygens (including phenoxy) is 1. The molecule has 0 saturated carbocycles. The van der Waals surface area contributed by atoms with Crippen molar-refractivity contribution in [2.24, 2.45) is 0 Å². The Morgan fingerprint density at radius 1 is 1.55 bits per heavy atom. The summed E-state index contributed by atoms with van der Waals surface area (Å²) in [5, 5.41) is 11.5. The molecule has 0 aliphatic heterocycles. The molecule has 0 radical (unpaired) electrons. The summed E-state index contributed by atoms with van der Waals surface area (Å²) in [6.07, 6.45) is 2.46. The molecule has 2 aromatic heterocycles. The minimum atomic E-state index is -0.302. The van der Waals surface area contributed by atoms with E-state index in [0.717, 1.165) is 6.42 Å². The molecule has 2 rings (SSSR count). The Kier molecular flexibility index (Phi) is 5.58. The second kappa shape index (κ2) is 7.42. The zero-order valence-electron chi connectivity index (χ0n) is 11.1. The van der Waals surface area contributed by atoms with E-state index in [1.165, 1.54) is 10.2 Å². The van der Waals surface area contributed by atoms with Crippen LogP contribution in [0.4, 0.5) is 5.69 Å². The summed E-state index contributed by atoms with van der Waals surface area (Å²) >= 11 is 7.73. The molecule has 0 atom stereocenters. The maximum absolute atomic E-state index is 12.0. The van der Waals surface area contributed by atoms with Gasteiger partial charge in [0.25, 0.3) is 5.56 Å². The molecule has 0 bridgehead atoms. The lowest BCUT2D eigenvalue weighted by Gasteiger charge is -2.09. The molecule has 0 amide bonds. The Hall–Kier alpha value is -1.37. The van der Waals surface area contributed by atoms with Gasteiger partial charge in [-0.3, -0.25) is 4.79 Å². The highest BCUT2D eigenvalue weighted by molar-refractivity contribution is 7.07. The van der Waals surface area contributed by atoms with Gasteiger partial charge in [0.2, 0.25) is 0 Å². The van der Waals surface area contributed by atoms with Crippen LogP contribution in [0.5, 0.6) is 0 Å². The highest BCUT2D eigenvalue weighted by Gasteiger charge is 2.08. The third-order valence-electron chi connectivity index (χ3n) is 2.80. The molecule has 0 fully saturated rings. The van der Waals surface area contributed by atoms with Crippen LogP contribution in [-0.4, -0.2) is 30.0 Å². The van der Waals surface area contributed by atoms with E-state index in [-0.39, 0.29) is 10.6 Å². The Morgan fingerprint density at radius 2 is 2.40 bits per heavy atom. The van der Waals surface area contributed by atoms with Crippen molar-refractivity contribution in [1.29, 1.82) is 0 Å². The van der Waals surface area contributed by atoms with Crippen molar-refractivity contribution >= 4 is 28.6 Å². The van der Waals surface area contributed by atoms with Gasteiger partial charge in [-0.05, 0) is 28.8 Å². The zero-order valence-corrected chi connectivity index (χ0v) is 12.7. The summed E-state index contributed by atoms with van der Waals surface area (Å²) in [4.78, 5) is 12.0. The van der Waals surface area contributed by atoms with Crippen molar-refractivity contribution in [3.8, 4) is 0 Å². The average molecular weight is 314 g/mol. The van der Waals surface area contributed by atoms with Gasteiger partial charge in [0.05, 0.1) is 25.0 Å². The molecular formula is C13H16ClN3O2S. The zero-order chi connectivity index (χ0) is 14.4. The third kappa shape index (κ3) is 3.82. The molecule has 0 unspecified atom stereocenters. The molecule has 5 nitrogen and oxygen atoms in total. The molecule has 1 N–H and O–H groups in total. The molecular weight excluding hydrogens is 298 g/mol. The number of anilines is 1. The van der Waals surface area contributed by atoms with Gasteiger partial charge in [-0.1, -0.05) is 11.6 Å². The Morgan fingerprint density at radius 3 is 3.10 bits per heavy atom. The van der Waals surface area contributed by atoms with Crippen LogP contribution in [0.15, 0.2) is 27.8 Å². The van der Waals surface area contributed by atoms with Gasteiger partial charge in [0.1, 0.15) is 5.02 Å². The maximum atomic E-state index is 12.0. The molecule has 0 spiro atoms. The standard InChI is InChI=1S/C13H16ClN3O2S/c1-19-6-5-17-13(18)12(14)11(8-16-17)15-4-2-10-3-7-20-9-10/h3,7-9,15H,2,4-6H2,1H3. The fourth-order valence-corrected chi connectivity index (χ4v) is 2.62. The quantitative estimate of drug-likeness (QED) is 0.852. The lowest BCUT2D eigenvalue weighted by atomic mass is 10.2. The molecule has 0 saturated heterocycles. The van der Waals surface area contributed by atoms with Crippen LogP contribution < -0.4 is 10.9 Å². The van der Waals surface area contributed by atoms with Gasteiger partial charge in [-0.2, -0.15) is 16.4 Å². The smallest absolute Gasteiger partial charge is 0.287 e. The number of aromatic nitrogens is 2. The summed E-state index contributed by atoms with van der Waals surface area (Å²) in [6.45, 7) is 1.53. The lowest BCUT2D eigenvalue weighted by Crippen LogP contribution is -2.26. The predicted molar refractivity (Wildman–Crippen MR) is 81.9 cm³/mol. The van der Waals surface area contributed by atoms with Crippen LogP contribution in [-0.2, 0) is 17.7 Å². The number of halogens is 1. The van der Waals surface area contributed by atoms with Gasteiger partial charge in [0.15, 0.2) is 0 Å². The Labute approximate surface area is 126 Å². The molecule has 0 aliphatic rings. The molecule has 108 valence electrons. The fourth-order valence-electron chi connectivity index (χ4n) is 1.70. The number of nitrogens with one attached hydrogen (secondary N) is 1. The Bertz CT molecular complexity index is 598. The number of thiophene rings is 1. The van der Waals surface area contributed by atoms with Crippen molar-refractivity contribution < 1.29 is 4.74 Å². The van der Waals surface area contributed by atoms with E-state index in [0.29, 0.717) is 25.4 Å². The van der Waals surface area contributed by atoms with Gasteiger partial charge in [-0.15, -0.1) is 0 Å². The van der Waals surface area contributed by atoms with Crippen LogP contribution in [0.3, 0.4) is 0 Å². The highest BCUT2D eigenvalue weighted by Crippen LogP contribution is 2.15. The Balaban J connectivity index is 1.98.